The maximum absolute atomic E-state index is 10.3. The Kier molecular flexibility index (Phi) is 55.3. The van der Waals surface area contributed by atoms with Crippen molar-refractivity contribution < 1.29 is 25.2 Å². The molecule has 0 heterocycles. The average molecular weight is 507 g/mol. The van der Waals surface area contributed by atoms with Gasteiger partial charge in [-0.3, -0.25) is 4.79 Å². The standard InChI is InChI=1S/C18H36O2.3C4H10O/c1-2-3-4-5-6-7-8-9-10-11-12-13-14-15-16-17-18(19)20;3*1-2-3-4-5/h2-17H2,1H3,(H,19,20);3*5H,2-4H2,1H3. The number of carboxylic acids is 1. The molecule has 5 nitrogen and oxygen atoms in total. The van der Waals surface area contributed by atoms with Gasteiger partial charge in [-0.2, -0.15) is 0 Å². The molecular weight excluding hydrogens is 440 g/mol. The molecular formula is C30H66O5. The summed E-state index contributed by atoms with van der Waals surface area (Å²) in [4.78, 5) is 10.3. The van der Waals surface area contributed by atoms with Crippen LogP contribution in [0.25, 0.3) is 0 Å². The molecule has 0 saturated carbocycles. The summed E-state index contributed by atoms with van der Waals surface area (Å²) in [6, 6.07) is 0. The summed E-state index contributed by atoms with van der Waals surface area (Å²) in [6.45, 7) is 9.46. The van der Waals surface area contributed by atoms with Gasteiger partial charge in [-0.25, -0.2) is 0 Å². The fourth-order valence-electron chi connectivity index (χ4n) is 3.12. The van der Waals surface area contributed by atoms with E-state index in [9.17, 15) is 4.79 Å². The number of rotatable bonds is 22. The van der Waals surface area contributed by atoms with Crippen LogP contribution in [-0.4, -0.2) is 46.2 Å². The van der Waals surface area contributed by atoms with Crippen molar-refractivity contribution >= 4 is 5.97 Å². The van der Waals surface area contributed by atoms with E-state index in [1.165, 1.54) is 83.5 Å². The first-order valence-electron chi connectivity index (χ1n) is 15.1. The molecule has 0 aliphatic rings. The molecule has 216 valence electrons. The number of aliphatic carboxylic acids is 1. The van der Waals surface area contributed by atoms with Crippen molar-refractivity contribution in [1.82, 2.24) is 0 Å². The Bertz CT molecular complexity index is 304. The second-order valence-corrected chi connectivity index (χ2v) is 9.32. The molecule has 35 heavy (non-hydrogen) atoms. The topological polar surface area (TPSA) is 98.0 Å². The van der Waals surface area contributed by atoms with Gasteiger partial charge in [0.15, 0.2) is 0 Å². The first kappa shape index (κ1) is 41.5. The van der Waals surface area contributed by atoms with E-state index >= 15 is 0 Å². The van der Waals surface area contributed by atoms with Crippen molar-refractivity contribution in [2.75, 3.05) is 19.8 Å². The molecule has 0 aliphatic carbocycles. The highest BCUT2D eigenvalue weighted by atomic mass is 16.4. The molecule has 0 amide bonds. The lowest BCUT2D eigenvalue weighted by atomic mass is 10.0. The van der Waals surface area contributed by atoms with Crippen LogP contribution in [0.4, 0.5) is 0 Å². The Labute approximate surface area is 220 Å². The van der Waals surface area contributed by atoms with E-state index < -0.39 is 5.97 Å². The van der Waals surface area contributed by atoms with Crippen molar-refractivity contribution in [2.24, 2.45) is 0 Å². The minimum absolute atomic E-state index is 0.344. The van der Waals surface area contributed by atoms with Gasteiger partial charge < -0.3 is 20.4 Å². The zero-order valence-electron chi connectivity index (χ0n) is 24.4. The molecule has 0 bridgehead atoms. The summed E-state index contributed by atoms with van der Waals surface area (Å²) in [5.74, 6) is -0.653. The van der Waals surface area contributed by atoms with Crippen molar-refractivity contribution in [3.63, 3.8) is 0 Å². The molecule has 0 aromatic carbocycles. The van der Waals surface area contributed by atoms with Crippen LogP contribution in [-0.2, 0) is 4.79 Å². The number of hydrogen-bond donors (Lipinski definition) is 4. The molecule has 0 unspecified atom stereocenters. The van der Waals surface area contributed by atoms with Gasteiger partial charge in [-0.1, -0.05) is 137 Å². The SMILES string of the molecule is CCCCCCCCCCCCCCCCCC(=O)O.CCCCO.CCCCO.CCCCO. The normalized spacial score (nSPS) is 9.80. The zero-order valence-corrected chi connectivity index (χ0v) is 24.4. The lowest BCUT2D eigenvalue weighted by Crippen LogP contribution is -1.93. The Morgan fingerprint density at radius 3 is 0.800 bits per heavy atom. The van der Waals surface area contributed by atoms with Crippen LogP contribution >= 0.6 is 0 Å². The summed E-state index contributed by atoms with van der Waals surface area (Å²) in [5.41, 5.74) is 0. The smallest absolute Gasteiger partial charge is 0.303 e. The highest BCUT2D eigenvalue weighted by Crippen LogP contribution is 2.13. The first-order valence-corrected chi connectivity index (χ1v) is 15.1. The zero-order chi connectivity index (χ0) is 27.3. The molecule has 0 rings (SSSR count). The molecule has 0 spiro atoms. The molecule has 0 atom stereocenters. The molecule has 0 aliphatic heterocycles. The molecule has 4 N–H and O–H groups in total. The molecule has 0 saturated heterocycles. The number of hydrogen-bond acceptors (Lipinski definition) is 4. The fraction of sp³-hybridized carbons (Fsp3) is 0.967. The van der Waals surface area contributed by atoms with Crippen molar-refractivity contribution in [3.8, 4) is 0 Å². The van der Waals surface area contributed by atoms with Crippen molar-refractivity contribution in [3.05, 3.63) is 0 Å². The van der Waals surface area contributed by atoms with Gasteiger partial charge in [0.1, 0.15) is 0 Å². The van der Waals surface area contributed by atoms with Crippen LogP contribution in [0.2, 0.25) is 0 Å². The van der Waals surface area contributed by atoms with E-state index in [0.717, 1.165) is 51.4 Å². The van der Waals surface area contributed by atoms with E-state index in [-0.39, 0.29) is 0 Å². The van der Waals surface area contributed by atoms with Crippen LogP contribution in [0.5, 0.6) is 0 Å². The quantitative estimate of drug-likeness (QED) is 0.110. The maximum atomic E-state index is 10.3. The predicted octanol–water partition coefficient (Wildman–Crippen LogP) is 8.67. The number of aliphatic hydroxyl groups is 3. The van der Waals surface area contributed by atoms with Gasteiger partial charge in [0.2, 0.25) is 0 Å². The number of carboxylic acid groups (broad SMARTS) is 1. The van der Waals surface area contributed by atoms with Gasteiger partial charge in [0.25, 0.3) is 0 Å². The Morgan fingerprint density at radius 2 is 0.629 bits per heavy atom. The Hall–Kier alpha value is -0.650. The van der Waals surface area contributed by atoms with Gasteiger partial charge >= 0.3 is 5.97 Å². The van der Waals surface area contributed by atoms with E-state index in [1.54, 1.807) is 0 Å². The lowest BCUT2D eigenvalue weighted by molar-refractivity contribution is -0.137. The third-order valence-electron chi connectivity index (χ3n) is 5.53. The van der Waals surface area contributed by atoms with Crippen LogP contribution in [0.3, 0.4) is 0 Å². The Balaban J connectivity index is -0.000000258. The monoisotopic (exact) mass is 506 g/mol. The van der Waals surface area contributed by atoms with Gasteiger partial charge in [0.05, 0.1) is 0 Å². The highest BCUT2D eigenvalue weighted by Gasteiger charge is 1.97. The maximum Gasteiger partial charge on any atom is 0.303 e. The minimum atomic E-state index is -0.653. The van der Waals surface area contributed by atoms with Crippen molar-refractivity contribution in [1.29, 1.82) is 0 Å². The second kappa shape index (κ2) is 46.7. The van der Waals surface area contributed by atoms with Crippen LogP contribution in [0.15, 0.2) is 0 Å². The fourth-order valence-corrected chi connectivity index (χ4v) is 3.12. The van der Waals surface area contributed by atoms with Crippen LogP contribution in [0.1, 0.15) is 169 Å². The second-order valence-electron chi connectivity index (χ2n) is 9.32. The summed E-state index contributed by atoms with van der Waals surface area (Å²) in [5, 5.41) is 32.7. The third-order valence-corrected chi connectivity index (χ3v) is 5.53. The van der Waals surface area contributed by atoms with E-state index in [0.29, 0.717) is 26.2 Å². The molecule has 0 aromatic rings. The van der Waals surface area contributed by atoms with Crippen LogP contribution < -0.4 is 0 Å². The third kappa shape index (κ3) is 65.6. The summed E-state index contributed by atoms with van der Waals surface area (Å²) >= 11 is 0. The van der Waals surface area contributed by atoms with Gasteiger partial charge in [-0.15, -0.1) is 0 Å². The Morgan fingerprint density at radius 1 is 0.400 bits per heavy atom. The number of aliphatic hydroxyl groups excluding tert-OH is 3. The van der Waals surface area contributed by atoms with Crippen molar-refractivity contribution in [2.45, 2.75) is 169 Å². The highest BCUT2D eigenvalue weighted by molar-refractivity contribution is 5.66. The van der Waals surface area contributed by atoms with Crippen LogP contribution in [0, 0.1) is 0 Å². The summed E-state index contributed by atoms with van der Waals surface area (Å²) < 4.78 is 0. The van der Waals surface area contributed by atoms with E-state index in [2.05, 4.69) is 27.7 Å². The van der Waals surface area contributed by atoms with Gasteiger partial charge in [0, 0.05) is 26.2 Å². The van der Waals surface area contributed by atoms with Gasteiger partial charge in [-0.05, 0) is 25.7 Å². The lowest BCUT2D eigenvalue weighted by Gasteiger charge is -2.03. The largest absolute Gasteiger partial charge is 0.481 e. The van der Waals surface area contributed by atoms with E-state index in [1.807, 2.05) is 0 Å². The number of carbonyl (C=O) groups is 1. The first-order chi connectivity index (χ1) is 17.0. The average Bonchev–Trinajstić information content (AvgIpc) is 2.84. The minimum Gasteiger partial charge on any atom is -0.481 e. The van der Waals surface area contributed by atoms with E-state index in [4.69, 9.17) is 20.4 Å². The number of unbranched alkanes of at least 4 members (excludes halogenated alkanes) is 17. The molecule has 5 heteroatoms. The summed E-state index contributed by atoms with van der Waals surface area (Å²) in [6.07, 6.45) is 26.3. The predicted molar refractivity (Wildman–Crippen MR) is 153 cm³/mol. The molecule has 0 aromatic heterocycles. The molecule has 0 radical (unpaired) electrons. The summed E-state index contributed by atoms with van der Waals surface area (Å²) in [7, 11) is 0. The molecule has 0 fully saturated rings.